The van der Waals surface area contributed by atoms with Crippen molar-refractivity contribution in [3.8, 4) is 0 Å². The van der Waals surface area contributed by atoms with E-state index in [1.165, 1.54) is 13.3 Å². The van der Waals surface area contributed by atoms with Crippen LogP contribution in [-0.4, -0.2) is 42.5 Å². The number of carbonyl (C=O) groups is 1. The molecule has 0 radical (unpaired) electrons. The summed E-state index contributed by atoms with van der Waals surface area (Å²) in [5.74, 6) is 0.493. The molecule has 1 saturated heterocycles. The zero-order valence-corrected chi connectivity index (χ0v) is 16.0. The number of hydrogen-bond acceptors (Lipinski definition) is 6. The first-order valence-corrected chi connectivity index (χ1v) is 9.24. The molecule has 1 atom stereocenters. The predicted octanol–water partition coefficient (Wildman–Crippen LogP) is 2.50. The lowest BCUT2D eigenvalue weighted by molar-refractivity contribution is -0.116. The molecule has 138 valence electrons. The van der Waals surface area contributed by atoms with E-state index in [4.69, 9.17) is 4.74 Å². The summed E-state index contributed by atoms with van der Waals surface area (Å²) < 4.78 is 5.61. The van der Waals surface area contributed by atoms with Gasteiger partial charge < -0.3 is 19.7 Å². The van der Waals surface area contributed by atoms with Crippen LogP contribution in [0.2, 0.25) is 0 Å². The number of piperidine rings is 1. The van der Waals surface area contributed by atoms with Crippen LogP contribution in [0.5, 0.6) is 0 Å². The van der Waals surface area contributed by atoms with Crippen molar-refractivity contribution in [2.24, 2.45) is 0 Å². The number of nitrogens with zero attached hydrogens (tertiary/aromatic N) is 2. The van der Waals surface area contributed by atoms with E-state index in [0.29, 0.717) is 10.4 Å². The van der Waals surface area contributed by atoms with Crippen molar-refractivity contribution in [3.05, 3.63) is 50.9 Å². The van der Waals surface area contributed by atoms with E-state index in [-0.39, 0.29) is 11.6 Å². The molecular formula is C18H21BrN4O3. The molecule has 1 unspecified atom stereocenters. The van der Waals surface area contributed by atoms with Crippen LogP contribution in [-0.2, 0) is 9.53 Å². The molecule has 2 N–H and O–H groups in total. The summed E-state index contributed by atoms with van der Waals surface area (Å²) in [7, 11) is 1.53. The Kier molecular flexibility index (Phi) is 6.05. The van der Waals surface area contributed by atoms with Gasteiger partial charge in [-0.2, -0.15) is 0 Å². The van der Waals surface area contributed by atoms with Crippen molar-refractivity contribution in [1.82, 2.24) is 9.97 Å². The third-order valence-corrected chi connectivity index (χ3v) is 5.10. The van der Waals surface area contributed by atoms with Gasteiger partial charge in [-0.3, -0.25) is 9.78 Å². The molecule has 0 bridgehead atoms. The van der Waals surface area contributed by atoms with E-state index >= 15 is 0 Å². The average molecular weight is 421 g/mol. The first kappa shape index (κ1) is 18.6. The lowest BCUT2D eigenvalue weighted by atomic mass is 10.0. The number of hydrogen-bond donors (Lipinski definition) is 2. The molecule has 0 saturated carbocycles. The topological polar surface area (TPSA) is 87.3 Å². The number of aromatic amines is 1. The van der Waals surface area contributed by atoms with Crippen LogP contribution in [0.4, 0.5) is 11.6 Å². The minimum Gasteiger partial charge on any atom is -0.371 e. The van der Waals surface area contributed by atoms with E-state index in [9.17, 15) is 9.59 Å². The van der Waals surface area contributed by atoms with Crippen LogP contribution < -0.4 is 15.8 Å². The number of carbonyl (C=O) groups excluding carboxylic acids is 1. The number of nitrogens with one attached hydrogen (secondary N) is 2. The SMILES string of the molecule is COC(C=O)c1cccc(N2CCC(Nc3ncc(Br)c(=O)[nH]3)CC2)c1. The van der Waals surface area contributed by atoms with Gasteiger partial charge in [0.1, 0.15) is 10.6 Å². The molecule has 2 aromatic rings. The summed E-state index contributed by atoms with van der Waals surface area (Å²) in [6, 6.07) is 8.14. The van der Waals surface area contributed by atoms with Gasteiger partial charge in [-0.1, -0.05) is 12.1 Å². The van der Waals surface area contributed by atoms with Gasteiger partial charge in [0.15, 0.2) is 6.29 Å². The van der Waals surface area contributed by atoms with Crippen molar-refractivity contribution >= 4 is 33.9 Å². The molecule has 1 aliphatic rings. The van der Waals surface area contributed by atoms with Crippen molar-refractivity contribution in [2.45, 2.75) is 25.0 Å². The van der Waals surface area contributed by atoms with Crippen LogP contribution >= 0.6 is 15.9 Å². The summed E-state index contributed by atoms with van der Waals surface area (Å²) >= 11 is 3.14. The van der Waals surface area contributed by atoms with Crippen LogP contribution in [0.25, 0.3) is 0 Å². The molecule has 8 heteroatoms. The fourth-order valence-electron chi connectivity index (χ4n) is 3.10. The van der Waals surface area contributed by atoms with E-state index in [0.717, 1.165) is 43.5 Å². The van der Waals surface area contributed by atoms with Crippen LogP contribution in [0, 0.1) is 0 Å². The maximum Gasteiger partial charge on any atom is 0.266 e. The van der Waals surface area contributed by atoms with Crippen LogP contribution in [0.3, 0.4) is 0 Å². The normalized spacial score (nSPS) is 16.3. The Hall–Kier alpha value is -2.19. The van der Waals surface area contributed by atoms with Gasteiger partial charge in [0, 0.05) is 31.9 Å². The zero-order chi connectivity index (χ0) is 18.5. The molecule has 0 aliphatic carbocycles. The molecule has 3 rings (SSSR count). The Balaban J connectivity index is 1.61. The monoisotopic (exact) mass is 420 g/mol. The Bertz CT molecular complexity index is 818. The number of halogens is 1. The first-order chi connectivity index (χ1) is 12.6. The number of aromatic nitrogens is 2. The smallest absolute Gasteiger partial charge is 0.266 e. The fourth-order valence-corrected chi connectivity index (χ4v) is 3.30. The highest BCUT2D eigenvalue weighted by atomic mass is 79.9. The summed E-state index contributed by atoms with van der Waals surface area (Å²) in [6.07, 6.45) is 3.62. The molecule has 26 heavy (non-hydrogen) atoms. The highest BCUT2D eigenvalue weighted by molar-refractivity contribution is 9.10. The first-order valence-electron chi connectivity index (χ1n) is 8.45. The Labute approximate surface area is 159 Å². The summed E-state index contributed by atoms with van der Waals surface area (Å²) in [5.41, 5.74) is 1.75. The fraction of sp³-hybridized carbons (Fsp3) is 0.389. The molecule has 1 fully saturated rings. The van der Waals surface area contributed by atoms with Crippen LogP contribution in [0.15, 0.2) is 39.7 Å². The molecule has 1 aromatic carbocycles. The van der Waals surface area contributed by atoms with E-state index in [1.807, 2.05) is 24.3 Å². The molecule has 2 heterocycles. The predicted molar refractivity (Wildman–Crippen MR) is 104 cm³/mol. The van der Waals surface area contributed by atoms with E-state index < -0.39 is 6.10 Å². The van der Waals surface area contributed by atoms with E-state index in [1.54, 1.807) is 0 Å². The number of methoxy groups -OCH3 is 1. The largest absolute Gasteiger partial charge is 0.371 e. The highest BCUT2D eigenvalue weighted by Crippen LogP contribution is 2.25. The van der Waals surface area contributed by atoms with Crippen molar-refractivity contribution < 1.29 is 9.53 Å². The van der Waals surface area contributed by atoms with Gasteiger partial charge in [-0.05, 0) is 46.5 Å². The highest BCUT2D eigenvalue weighted by Gasteiger charge is 2.21. The standard InChI is InChI=1S/C18H21BrN4O3/c1-26-16(11-24)12-3-2-4-14(9-12)23-7-5-13(6-8-23)21-18-20-10-15(19)17(25)22-18/h2-4,9-11,13,16H,5-8H2,1H3,(H2,20,21,22,25). The number of anilines is 2. The number of ether oxygens (including phenoxy) is 1. The minimum absolute atomic E-state index is 0.195. The quantitative estimate of drug-likeness (QED) is 0.698. The Morgan fingerprint density at radius 2 is 2.19 bits per heavy atom. The molecule has 1 aliphatic heterocycles. The summed E-state index contributed by atoms with van der Waals surface area (Å²) in [6.45, 7) is 1.75. The third kappa shape index (κ3) is 4.31. The number of aldehydes is 1. The lowest BCUT2D eigenvalue weighted by Crippen LogP contribution is -2.39. The van der Waals surface area contributed by atoms with Gasteiger partial charge in [0.25, 0.3) is 5.56 Å². The number of rotatable bonds is 6. The maximum absolute atomic E-state index is 11.6. The molecule has 0 spiro atoms. The minimum atomic E-state index is -0.533. The van der Waals surface area contributed by atoms with Gasteiger partial charge in [-0.15, -0.1) is 0 Å². The number of benzene rings is 1. The lowest BCUT2D eigenvalue weighted by Gasteiger charge is -2.34. The maximum atomic E-state index is 11.6. The third-order valence-electron chi connectivity index (χ3n) is 4.53. The molecule has 0 amide bonds. The van der Waals surface area contributed by atoms with Crippen LogP contribution in [0.1, 0.15) is 24.5 Å². The Morgan fingerprint density at radius 1 is 1.42 bits per heavy atom. The number of H-pyrrole nitrogens is 1. The Morgan fingerprint density at radius 3 is 2.85 bits per heavy atom. The summed E-state index contributed by atoms with van der Waals surface area (Å²) in [5, 5.41) is 3.29. The van der Waals surface area contributed by atoms with Gasteiger partial charge in [0.05, 0.1) is 6.20 Å². The second-order valence-corrected chi connectivity index (χ2v) is 7.06. The van der Waals surface area contributed by atoms with E-state index in [2.05, 4.69) is 36.1 Å². The average Bonchev–Trinajstić information content (AvgIpc) is 2.67. The summed E-state index contributed by atoms with van der Waals surface area (Å²) in [4.78, 5) is 31.9. The van der Waals surface area contributed by atoms with Crippen molar-refractivity contribution in [1.29, 1.82) is 0 Å². The molecule has 1 aromatic heterocycles. The molecule has 7 nitrogen and oxygen atoms in total. The van der Waals surface area contributed by atoms with Gasteiger partial charge >= 0.3 is 0 Å². The van der Waals surface area contributed by atoms with Gasteiger partial charge in [0.2, 0.25) is 5.95 Å². The van der Waals surface area contributed by atoms with Crippen molar-refractivity contribution in [3.63, 3.8) is 0 Å². The zero-order valence-electron chi connectivity index (χ0n) is 14.4. The van der Waals surface area contributed by atoms with Gasteiger partial charge in [-0.25, -0.2) is 4.98 Å². The second-order valence-electron chi connectivity index (χ2n) is 6.20. The molecular weight excluding hydrogens is 400 g/mol. The second kappa shape index (κ2) is 8.46. The van der Waals surface area contributed by atoms with Crippen molar-refractivity contribution in [2.75, 3.05) is 30.4 Å².